The zero-order chi connectivity index (χ0) is 15.0. The predicted octanol–water partition coefficient (Wildman–Crippen LogP) is 1.43. The van der Waals surface area contributed by atoms with Crippen molar-refractivity contribution < 1.29 is 13.2 Å². The molecule has 21 heavy (non-hydrogen) atoms. The van der Waals surface area contributed by atoms with Gasteiger partial charge in [0.05, 0.1) is 17.7 Å². The second-order valence-electron chi connectivity index (χ2n) is 5.54. The number of ether oxygens (including phenoxy) is 1. The molecule has 2 aliphatic rings. The number of nitrogens with zero attached hydrogens (tertiary/aromatic N) is 2. The van der Waals surface area contributed by atoms with Gasteiger partial charge in [0.1, 0.15) is 4.90 Å². The molecule has 1 aromatic carbocycles. The average molecular weight is 331 g/mol. The normalized spacial score (nSPS) is 28.3. The van der Waals surface area contributed by atoms with Crippen LogP contribution in [-0.2, 0) is 14.8 Å². The minimum atomic E-state index is -3.55. The quantitative estimate of drug-likeness (QED) is 0.823. The molecule has 0 bridgehead atoms. The number of hydrogen-bond donors (Lipinski definition) is 0. The fraction of sp³-hybridized carbons (Fsp3) is 0.571. The first-order chi connectivity index (χ1) is 10.00. The molecule has 0 spiro atoms. The first kappa shape index (κ1) is 15.2. The van der Waals surface area contributed by atoms with E-state index in [2.05, 4.69) is 4.90 Å². The summed E-state index contributed by atoms with van der Waals surface area (Å²) in [6.07, 6.45) is 0.847. The molecule has 0 N–H and O–H groups in total. The molecule has 2 saturated heterocycles. The Labute approximate surface area is 130 Å². The summed E-state index contributed by atoms with van der Waals surface area (Å²) in [4.78, 5) is 2.37. The van der Waals surface area contributed by atoms with Crippen molar-refractivity contribution in [3.8, 4) is 0 Å². The maximum Gasteiger partial charge on any atom is 0.244 e. The third kappa shape index (κ3) is 2.83. The molecule has 0 unspecified atom stereocenters. The Morgan fingerprint density at radius 2 is 2.05 bits per heavy atom. The molecule has 116 valence electrons. The van der Waals surface area contributed by atoms with Crippen molar-refractivity contribution >= 4 is 21.6 Å². The summed E-state index contributed by atoms with van der Waals surface area (Å²) in [6.45, 7) is 2.48. The summed E-state index contributed by atoms with van der Waals surface area (Å²) in [7, 11) is -1.53. The molecule has 2 atom stereocenters. The highest BCUT2D eigenvalue weighted by atomic mass is 35.5. The first-order valence-electron chi connectivity index (χ1n) is 7.06. The molecule has 5 nitrogen and oxygen atoms in total. The van der Waals surface area contributed by atoms with Crippen molar-refractivity contribution in [3.63, 3.8) is 0 Å². The topological polar surface area (TPSA) is 49.9 Å². The molecule has 2 fully saturated rings. The van der Waals surface area contributed by atoms with Crippen LogP contribution in [0.4, 0.5) is 0 Å². The minimum Gasteiger partial charge on any atom is -0.375 e. The summed E-state index contributed by atoms with van der Waals surface area (Å²) in [5.41, 5.74) is 0. The number of benzene rings is 1. The second kappa shape index (κ2) is 5.85. The molecule has 0 saturated carbocycles. The van der Waals surface area contributed by atoms with Crippen LogP contribution >= 0.6 is 11.6 Å². The molecule has 7 heteroatoms. The number of fused-ring (bicyclic) bond motifs is 1. The van der Waals surface area contributed by atoms with Gasteiger partial charge in [0.15, 0.2) is 0 Å². The fourth-order valence-electron chi connectivity index (χ4n) is 3.02. The number of rotatable bonds is 2. The van der Waals surface area contributed by atoms with Gasteiger partial charge >= 0.3 is 0 Å². The van der Waals surface area contributed by atoms with Crippen molar-refractivity contribution in [1.82, 2.24) is 9.21 Å². The van der Waals surface area contributed by atoms with Gasteiger partial charge in [0.25, 0.3) is 0 Å². The van der Waals surface area contributed by atoms with Gasteiger partial charge in [0.2, 0.25) is 10.0 Å². The van der Waals surface area contributed by atoms with Crippen molar-refractivity contribution in [2.75, 3.05) is 33.3 Å². The summed E-state index contributed by atoms with van der Waals surface area (Å²) in [5.74, 6) is 0. The number of morpholine rings is 1. The van der Waals surface area contributed by atoms with E-state index < -0.39 is 10.0 Å². The Balaban J connectivity index is 1.86. The molecule has 0 aliphatic carbocycles. The van der Waals surface area contributed by atoms with Crippen molar-refractivity contribution in [1.29, 1.82) is 0 Å². The zero-order valence-corrected chi connectivity index (χ0v) is 13.5. The van der Waals surface area contributed by atoms with Gasteiger partial charge in [-0.1, -0.05) is 23.7 Å². The Morgan fingerprint density at radius 1 is 1.29 bits per heavy atom. The molecular formula is C14H19ClN2O3S. The van der Waals surface area contributed by atoms with E-state index in [1.165, 1.54) is 4.31 Å². The molecule has 0 aromatic heterocycles. The van der Waals surface area contributed by atoms with Gasteiger partial charge in [0, 0.05) is 25.7 Å². The van der Waals surface area contributed by atoms with Crippen LogP contribution in [0.2, 0.25) is 5.02 Å². The van der Waals surface area contributed by atoms with Crippen LogP contribution in [0.25, 0.3) is 0 Å². The third-order valence-corrected chi connectivity index (χ3v) is 6.64. The Morgan fingerprint density at radius 3 is 2.81 bits per heavy atom. The van der Waals surface area contributed by atoms with Crippen LogP contribution < -0.4 is 0 Å². The Kier molecular flexibility index (Phi) is 4.25. The monoisotopic (exact) mass is 330 g/mol. The Bertz CT molecular complexity index is 622. The lowest BCUT2D eigenvalue weighted by molar-refractivity contribution is -0.0840. The lowest BCUT2D eigenvalue weighted by Crippen LogP contribution is -2.59. The lowest BCUT2D eigenvalue weighted by atomic mass is 10.0. The van der Waals surface area contributed by atoms with Crippen LogP contribution in [0.3, 0.4) is 0 Å². The van der Waals surface area contributed by atoms with E-state index in [9.17, 15) is 8.42 Å². The van der Waals surface area contributed by atoms with Gasteiger partial charge in [-0.3, -0.25) is 4.90 Å². The van der Waals surface area contributed by atoms with Gasteiger partial charge in [-0.15, -0.1) is 0 Å². The van der Waals surface area contributed by atoms with Gasteiger partial charge in [-0.2, -0.15) is 4.31 Å². The summed E-state index contributed by atoms with van der Waals surface area (Å²) in [5, 5.41) is 0.271. The molecule has 2 heterocycles. The number of sulfonamides is 1. The van der Waals surface area contributed by atoms with Gasteiger partial charge in [-0.25, -0.2) is 8.42 Å². The highest BCUT2D eigenvalue weighted by Crippen LogP contribution is 2.29. The van der Waals surface area contributed by atoms with Crippen LogP contribution in [0, 0.1) is 0 Å². The van der Waals surface area contributed by atoms with E-state index >= 15 is 0 Å². The maximum atomic E-state index is 12.8. The summed E-state index contributed by atoms with van der Waals surface area (Å²) >= 11 is 6.05. The van der Waals surface area contributed by atoms with Gasteiger partial charge in [-0.05, 0) is 25.6 Å². The number of piperidine rings is 1. The van der Waals surface area contributed by atoms with E-state index in [1.54, 1.807) is 24.3 Å². The van der Waals surface area contributed by atoms with E-state index in [1.807, 2.05) is 7.05 Å². The average Bonchev–Trinajstić information content (AvgIpc) is 2.47. The van der Waals surface area contributed by atoms with E-state index in [0.29, 0.717) is 13.1 Å². The standard InChI is InChI=1S/C14H19ClN2O3S/c1-16-8-9-20-13-6-7-17(10-12(13)16)21(18,19)14-5-3-2-4-11(14)15/h2-5,12-13H,6-10H2,1H3/t12-,13-/m0/s1. The van der Waals surface area contributed by atoms with Crippen molar-refractivity contribution in [3.05, 3.63) is 29.3 Å². The molecular weight excluding hydrogens is 312 g/mol. The molecule has 1 aromatic rings. The van der Waals surface area contributed by atoms with E-state index in [0.717, 1.165) is 19.6 Å². The third-order valence-electron chi connectivity index (χ3n) is 4.28. The first-order valence-corrected chi connectivity index (χ1v) is 8.88. The highest BCUT2D eigenvalue weighted by Gasteiger charge is 2.40. The zero-order valence-electron chi connectivity index (χ0n) is 11.9. The lowest BCUT2D eigenvalue weighted by Gasteiger charge is -2.45. The fourth-order valence-corrected chi connectivity index (χ4v) is 4.99. The number of likely N-dealkylation sites (N-methyl/N-ethyl adjacent to an activating group) is 1. The SMILES string of the molecule is CN1CCO[C@H]2CCN(S(=O)(=O)c3ccccc3Cl)C[C@@H]21. The summed E-state index contributed by atoms with van der Waals surface area (Å²) < 4.78 is 32.8. The maximum absolute atomic E-state index is 12.8. The van der Waals surface area contributed by atoms with E-state index in [4.69, 9.17) is 16.3 Å². The molecule has 2 aliphatic heterocycles. The van der Waals surface area contributed by atoms with Crippen LogP contribution in [0.15, 0.2) is 29.2 Å². The predicted molar refractivity (Wildman–Crippen MR) is 81.0 cm³/mol. The number of halogens is 1. The smallest absolute Gasteiger partial charge is 0.244 e. The van der Waals surface area contributed by atoms with E-state index in [-0.39, 0.29) is 22.1 Å². The van der Waals surface area contributed by atoms with Crippen LogP contribution in [-0.4, -0.2) is 63.1 Å². The highest BCUT2D eigenvalue weighted by molar-refractivity contribution is 7.89. The van der Waals surface area contributed by atoms with Crippen LogP contribution in [0.1, 0.15) is 6.42 Å². The largest absolute Gasteiger partial charge is 0.375 e. The van der Waals surface area contributed by atoms with Crippen molar-refractivity contribution in [2.24, 2.45) is 0 Å². The Hall–Kier alpha value is -0.660. The minimum absolute atomic E-state index is 0.116. The molecule has 3 rings (SSSR count). The van der Waals surface area contributed by atoms with Gasteiger partial charge < -0.3 is 4.74 Å². The molecule has 0 radical (unpaired) electrons. The van der Waals surface area contributed by atoms with Crippen LogP contribution in [0.5, 0.6) is 0 Å². The second-order valence-corrected chi connectivity index (χ2v) is 7.85. The molecule has 0 amide bonds. The number of hydrogen-bond acceptors (Lipinski definition) is 4. The summed E-state index contributed by atoms with van der Waals surface area (Å²) in [6, 6.07) is 6.71. The van der Waals surface area contributed by atoms with Crippen molar-refractivity contribution in [2.45, 2.75) is 23.5 Å².